The predicted molar refractivity (Wildman–Crippen MR) is 81.1 cm³/mol. The van der Waals surface area contributed by atoms with Crippen LogP contribution in [0.2, 0.25) is 0 Å². The molecule has 0 unspecified atom stereocenters. The highest BCUT2D eigenvalue weighted by Gasteiger charge is 2.05. The van der Waals surface area contributed by atoms with Crippen LogP contribution in [0.4, 0.5) is 15.8 Å². The maximum Gasteiger partial charge on any atom is 0.243 e. The van der Waals surface area contributed by atoms with E-state index < -0.39 is 5.82 Å². The summed E-state index contributed by atoms with van der Waals surface area (Å²) < 4.78 is 18.7. The lowest BCUT2D eigenvalue weighted by atomic mass is 10.3. The van der Waals surface area contributed by atoms with Gasteiger partial charge in [-0.3, -0.25) is 4.79 Å². The van der Waals surface area contributed by atoms with E-state index in [1.54, 1.807) is 12.1 Å². The lowest BCUT2D eigenvalue weighted by molar-refractivity contribution is -0.114. The largest absolute Gasteiger partial charge is 0.494 e. The SMILES string of the molecule is CCOc1ccc(NCC(=O)Nc2ccccc2F)cc1. The van der Waals surface area contributed by atoms with Gasteiger partial charge in [-0.05, 0) is 43.3 Å². The summed E-state index contributed by atoms with van der Waals surface area (Å²) in [5, 5.41) is 5.47. The third kappa shape index (κ3) is 4.49. The van der Waals surface area contributed by atoms with Gasteiger partial charge in [0.25, 0.3) is 0 Å². The molecule has 0 fully saturated rings. The summed E-state index contributed by atoms with van der Waals surface area (Å²) in [6, 6.07) is 13.3. The predicted octanol–water partition coefficient (Wildman–Crippen LogP) is 3.28. The highest BCUT2D eigenvalue weighted by atomic mass is 19.1. The monoisotopic (exact) mass is 288 g/mol. The number of para-hydroxylation sites is 1. The van der Waals surface area contributed by atoms with Crippen molar-refractivity contribution < 1.29 is 13.9 Å². The molecule has 21 heavy (non-hydrogen) atoms. The first-order chi connectivity index (χ1) is 10.2. The molecule has 0 saturated heterocycles. The molecule has 0 saturated carbocycles. The number of anilines is 2. The van der Waals surface area contributed by atoms with Crippen LogP contribution in [-0.4, -0.2) is 19.1 Å². The van der Waals surface area contributed by atoms with E-state index in [9.17, 15) is 9.18 Å². The van der Waals surface area contributed by atoms with E-state index in [1.807, 2.05) is 31.2 Å². The number of rotatable bonds is 6. The molecule has 0 heterocycles. The van der Waals surface area contributed by atoms with Crippen molar-refractivity contribution in [1.82, 2.24) is 0 Å². The van der Waals surface area contributed by atoms with Gasteiger partial charge < -0.3 is 15.4 Å². The third-order valence-corrected chi connectivity index (χ3v) is 2.77. The van der Waals surface area contributed by atoms with Crippen LogP contribution >= 0.6 is 0 Å². The molecule has 1 amide bonds. The Hall–Kier alpha value is -2.56. The van der Waals surface area contributed by atoms with Crippen molar-refractivity contribution in [3.05, 3.63) is 54.3 Å². The smallest absolute Gasteiger partial charge is 0.243 e. The van der Waals surface area contributed by atoms with E-state index in [-0.39, 0.29) is 18.1 Å². The normalized spacial score (nSPS) is 10.0. The Kier molecular flexibility index (Phi) is 5.15. The van der Waals surface area contributed by atoms with Crippen LogP contribution in [0.3, 0.4) is 0 Å². The Morgan fingerprint density at radius 1 is 1.14 bits per heavy atom. The number of hydrogen-bond donors (Lipinski definition) is 2. The van der Waals surface area contributed by atoms with Gasteiger partial charge >= 0.3 is 0 Å². The second-order valence-corrected chi connectivity index (χ2v) is 4.34. The van der Waals surface area contributed by atoms with Crippen LogP contribution in [0.5, 0.6) is 5.75 Å². The molecule has 0 bridgehead atoms. The van der Waals surface area contributed by atoms with Crippen molar-refractivity contribution in [3.8, 4) is 5.75 Å². The summed E-state index contributed by atoms with van der Waals surface area (Å²) in [6.07, 6.45) is 0. The first kappa shape index (κ1) is 14.8. The average Bonchev–Trinajstić information content (AvgIpc) is 2.49. The van der Waals surface area contributed by atoms with Gasteiger partial charge in [0.1, 0.15) is 11.6 Å². The van der Waals surface area contributed by atoms with E-state index in [0.717, 1.165) is 11.4 Å². The van der Waals surface area contributed by atoms with Crippen molar-refractivity contribution in [2.75, 3.05) is 23.8 Å². The lowest BCUT2D eigenvalue weighted by Crippen LogP contribution is -2.22. The van der Waals surface area contributed by atoms with Crippen molar-refractivity contribution >= 4 is 17.3 Å². The molecule has 0 aliphatic rings. The van der Waals surface area contributed by atoms with Gasteiger partial charge in [-0.15, -0.1) is 0 Å². The topological polar surface area (TPSA) is 50.4 Å². The molecule has 5 heteroatoms. The van der Waals surface area contributed by atoms with Gasteiger partial charge in [0.2, 0.25) is 5.91 Å². The van der Waals surface area contributed by atoms with Gasteiger partial charge in [-0.2, -0.15) is 0 Å². The van der Waals surface area contributed by atoms with Gasteiger partial charge in [0.15, 0.2) is 0 Å². The summed E-state index contributed by atoms with van der Waals surface area (Å²) in [6.45, 7) is 2.58. The van der Waals surface area contributed by atoms with E-state index in [2.05, 4.69) is 10.6 Å². The highest BCUT2D eigenvalue weighted by Crippen LogP contribution is 2.16. The summed E-state index contributed by atoms with van der Waals surface area (Å²) in [4.78, 5) is 11.7. The van der Waals surface area contributed by atoms with Gasteiger partial charge in [-0.1, -0.05) is 12.1 Å². The second-order valence-electron chi connectivity index (χ2n) is 4.34. The first-order valence-electron chi connectivity index (χ1n) is 6.70. The molecule has 2 rings (SSSR count). The molecule has 110 valence electrons. The fourth-order valence-corrected chi connectivity index (χ4v) is 1.77. The van der Waals surface area contributed by atoms with E-state index in [0.29, 0.717) is 6.61 Å². The van der Waals surface area contributed by atoms with Gasteiger partial charge in [-0.25, -0.2) is 4.39 Å². The molecule has 0 aliphatic heterocycles. The number of halogens is 1. The van der Waals surface area contributed by atoms with Crippen LogP contribution in [0.15, 0.2) is 48.5 Å². The molecule has 0 radical (unpaired) electrons. The number of benzene rings is 2. The Balaban J connectivity index is 1.85. The molecule has 0 spiro atoms. The third-order valence-electron chi connectivity index (χ3n) is 2.77. The molecular weight excluding hydrogens is 271 g/mol. The fraction of sp³-hybridized carbons (Fsp3) is 0.188. The second kappa shape index (κ2) is 7.28. The Labute approximate surface area is 122 Å². The zero-order valence-corrected chi connectivity index (χ0v) is 11.7. The van der Waals surface area contributed by atoms with Crippen molar-refractivity contribution in [1.29, 1.82) is 0 Å². The zero-order chi connectivity index (χ0) is 15.1. The number of carbonyl (C=O) groups excluding carboxylic acids is 1. The zero-order valence-electron chi connectivity index (χ0n) is 11.7. The molecule has 0 atom stereocenters. The molecule has 2 aromatic carbocycles. The van der Waals surface area contributed by atoms with Crippen molar-refractivity contribution in [2.24, 2.45) is 0 Å². The fourth-order valence-electron chi connectivity index (χ4n) is 1.77. The van der Waals surface area contributed by atoms with E-state index in [1.165, 1.54) is 12.1 Å². The van der Waals surface area contributed by atoms with Crippen LogP contribution in [0, 0.1) is 5.82 Å². The number of hydrogen-bond acceptors (Lipinski definition) is 3. The number of ether oxygens (including phenoxy) is 1. The van der Waals surface area contributed by atoms with Crippen LogP contribution in [-0.2, 0) is 4.79 Å². The Bertz CT molecular complexity index is 599. The van der Waals surface area contributed by atoms with Gasteiger partial charge in [0, 0.05) is 5.69 Å². The summed E-state index contributed by atoms with van der Waals surface area (Å²) in [7, 11) is 0. The quantitative estimate of drug-likeness (QED) is 0.857. The summed E-state index contributed by atoms with van der Waals surface area (Å²) >= 11 is 0. The van der Waals surface area contributed by atoms with E-state index >= 15 is 0 Å². The highest BCUT2D eigenvalue weighted by molar-refractivity contribution is 5.93. The molecule has 2 N–H and O–H groups in total. The minimum atomic E-state index is -0.452. The molecule has 0 aliphatic carbocycles. The lowest BCUT2D eigenvalue weighted by Gasteiger charge is -2.09. The molecule has 0 aromatic heterocycles. The number of amides is 1. The molecule has 4 nitrogen and oxygen atoms in total. The van der Waals surface area contributed by atoms with Crippen LogP contribution in [0.1, 0.15) is 6.92 Å². The standard InChI is InChI=1S/C16H17FN2O2/c1-2-21-13-9-7-12(8-10-13)18-11-16(20)19-15-6-4-3-5-14(15)17/h3-10,18H,2,11H2,1H3,(H,19,20). The Morgan fingerprint density at radius 2 is 1.86 bits per heavy atom. The van der Waals surface area contributed by atoms with Crippen molar-refractivity contribution in [3.63, 3.8) is 0 Å². The average molecular weight is 288 g/mol. The van der Waals surface area contributed by atoms with Crippen molar-refractivity contribution in [2.45, 2.75) is 6.92 Å². The first-order valence-corrected chi connectivity index (χ1v) is 6.70. The minimum absolute atomic E-state index is 0.0579. The summed E-state index contributed by atoms with van der Waals surface area (Å²) in [5.74, 6) is 0.0137. The Morgan fingerprint density at radius 3 is 2.52 bits per heavy atom. The molecular formula is C16H17FN2O2. The van der Waals surface area contributed by atoms with Crippen LogP contribution in [0.25, 0.3) is 0 Å². The minimum Gasteiger partial charge on any atom is -0.494 e. The van der Waals surface area contributed by atoms with Crippen LogP contribution < -0.4 is 15.4 Å². The number of carbonyl (C=O) groups is 1. The maximum atomic E-state index is 13.4. The maximum absolute atomic E-state index is 13.4. The van der Waals surface area contributed by atoms with E-state index in [4.69, 9.17) is 4.74 Å². The van der Waals surface area contributed by atoms with Gasteiger partial charge in [0.05, 0.1) is 18.8 Å². The number of nitrogens with one attached hydrogen (secondary N) is 2. The molecule has 2 aromatic rings. The summed E-state index contributed by atoms with van der Waals surface area (Å²) in [5.41, 5.74) is 0.970.